The van der Waals surface area contributed by atoms with Crippen molar-refractivity contribution >= 4 is 15.7 Å². The molecule has 21 heavy (non-hydrogen) atoms. The van der Waals surface area contributed by atoms with E-state index >= 15 is 0 Å². The number of hydrogen-bond donors (Lipinski definition) is 0. The third kappa shape index (κ3) is 3.09. The first-order valence-corrected chi connectivity index (χ1v) is 8.64. The Morgan fingerprint density at radius 3 is 2.38 bits per heavy atom. The first-order chi connectivity index (χ1) is 9.73. The van der Waals surface area contributed by atoms with Crippen LogP contribution in [0.1, 0.15) is 27.2 Å². The summed E-state index contributed by atoms with van der Waals surface area (Å²) in [5.41, 5.74) is 0. The topological polar surface area (TPSA) is 85.2 Å². The van der Waals surface area contributed by atoms with Gasteiger partial charge in [0.15, 0.2) is 0 Å². The van der Waals surface area contributed by atoms with E-state index in [1.807, 2.05) is 0 Å². The normalized spacial score (nSPS) is 24.9. The number of likely N-dealkylation sites (tertiary alicyclic amines) is 1. The molecule has 3 atom stereocenters. The third-order valence-electron chi connectivity index (χ3n) is 3.92. The molecule has 1 aromatic heterocycles. The quantitative estimate of drug-likeness (QED) is 0.810. The molecule has 0 bridgehead atoms. The number of amides is 1. The fourth-order valence-electron chi connectivity index (χ4n) is 2.92. The second-order valence-electron chi connectivity index (χ2n) is 6.10. The number of piperidine rings is 1. The summed E-state index contributed by atoms with van der Waals surface area (Å²) in [5, 5.41) is 5.89. The van der Waals surface area contributed by atoms with Crippen molar-refractivity contribution in [1.29, 1.82) is 0 Å². The van der Waals surface area contributed by atoms with Gasteiger partial charge in [-0.05, 0) is 25.2 Å². The summed E-state index contributed by atoms with van der Waals surface area (Å²) >= 11 is 0. The van der Waals surface area contributed by atoms with E-state index in [0.717, 1.165) is 6.42 Å². The lowest BCUT2D eigenvalue weighted by molar-refractivity contribution is -0.133. The number of rotatable bonds is 3. The van der Waals surface area contributed by atoms with Crippen LogP contribution in [0.15, 0.2) is 11.5 Å². The number of aromatic nitrogens is 3. The van der Waals surface area contributed by atoms with Crippen LogP contribution in [0.3, 0.4) is 0 Å². The maximum Gasteiger partial charge on any atom is 0.250 e. The van der Waals surface area contributed by atoms with E-state index in [4.69, 9.17) is 0 Å². The number of carbonyl (C=O) groups excluding carboxylic acids is 1. The van der Waals surface area contributed by atoms with Crippen LogP contribution in [0, 0.1) is 11.8 Å². The summed E-state index contributed by atoms with van der Waals surface area (Å²) in [6, 6.07) is 0. The molecule has 1 aliphatic rings. The van der Waals surface area contributed by atoms with Crippen molar-refractivity contribution in [3.05, 3.63) is 6.33 Å². The van der Waals surface area contributed by atoms with Gasteiger partial charge in [-0.2, -0.15) is 0 Å². The second kappa shape index (κ2) is 5.75. The Balaban J connectivity index is 2.21. The summed E-state index contributed by atoms with van der Waals surface area (Å²) in [6.07, 6.45) is 2.38. The fourth-order valence-corrected chi connectivity index (χ4v) is 4.26. The van der Waals surface area contributed by atoms with Crippen LogP contribution < -0.4 is 0 Å². The Morgan fingerprint density at radius 2 is 1.90 bits per heavy atom. The molecular formula is C13H22N4O3S. The van der Waals surface area contributed by atoms with Crippen molar-refractivity contribution in [2.45, 2.75) is 37.6 Å². The van der Waals surface area contributed by atoms with Crippen LogP contribution in [0.4, 0.5) is 0 Å². The standard InChI is InChI=1S/C13H22N4O3S/c1-9-5-10(2)7-17(6-9)12(18)11(3)21(19,20)13-15-14-8-16(13)4/h8-11H,5-7H2,1-4H3/t9-,10+,11-/m1/s1. The van der Waals surface area contributed by atoms with E-state index in [9.17, 15) is 13.2 Å². The molecule has 1 amide bonds. The minimum Gasteiger partial charge on any atom is -0.341 e. The van der Waals surface area contributed by atoms with Crippen molar-refractivity contribution in [3.8, 4) is 0 Å². The summed E-state index contributed by atoms with van der Waals surface area (Å²) in [7, 11) is -2.26. The van der Waals surface area contributed by atoms with Crippen LogP contribution in [0.25, 0.3) is 0 Å². The van der Waals surface area contributed by atoms with Gasteiger partial charge in [-0.15, -0.1) is 10.2 Å². The molecule has 0 saturated carbocycles. The SMILES string of the molecule is C[C@@H]1C[C@H](C)CN(C(=O)[C@@H](C)S(=O)(=O)c2nncn2C)C1. The van der Waals surface area contributed by atoms with Gasteiger partial charge in [0.2, 0.25) is 20.9 Å². The largest absolute Gasteiger partial charge is 0.341 e. The first kappa shape index (κ1) is 15.9. The summed E-state index contributed by atoms with van der Waals surface area (Å²) < 4.78 is 26.3. The molecule has 1 fully saturated rings. The number of carbonyl (C=O) groups is 1. The van der Waals surface area contributed by atoms with Crippen molar-refractivity contribution in [2.24, 2.45) is 18.9 Å². The molecule has 2 rings (SSSR count). The van der Waals surface area contributed by atoms with Gasteiger partial charge in [0.05, 0.1) is 0 Å². The molecule has 1 saturated heterocycles. The molecule has 8 heteroatoms. The lowest BCUT2D eigenvalue weighted by atomic mass is 9.92. The van der Waals surface area contributed by atoms with E-state index < -0.39 is 15.1 Å². The second-order valence-corrected chi connectivity index (χ2v) is 8.26. The summed E-state index contributed by atoms with van der Waals surface area (Å²) in [5.74, 6) is 0.432. The number of sulfone groups is 1. The molecule has 7 nitrogen and oxygen atoms in total. The van der Waals surface area contributed by atoms with Crippen LogP contribution in [-0.2, 0) is 21.7 Å². The highest BCUT2D eigenvalue weighted by Gasteiger charge is 2.37. The maximum absolute atomic E-state index is 12.5. The monoisotopic (exact) mass is 314 g/mol. The molecule has 0 N–H and O–H groups in total. The Bertz CT molecular complexity index is 615. The highest BCUT2D eigenvalue weighted by molar-refractivity contribution is 7.92. The van der Waals surface area contributed by atoms with Gasteiger partial charge in [-0.25, -0.2) is 8.42 Å². The van der Waals surface area contributed by atoms with Gasteiger partial charge in [0.1, 0.15) is 11.6 Å². The van der Waals surface area contributed by atoms with Gasteiger partial charge in [-0.1, -0.05) is 13.8 Å². The minimum atomic E-state index is -3.81. The molecule has 1 aromatic rings. The van der Waals surface area contributed by atoms with Crippen molar-refractivity contribution < 1.29 is 13.2 Å². The third-order valence-corrected chi connectivity index (χ3v) is 5.93. The Morgan fingerprint density at radius 1 is 1.33 bits per heavy atom. The Kier molecular flexibility index (Phi) is 4.36. The summed E-state index contributed by atoms with van der Waals surface area (Å²) in [4.78, 5) is 14.2. The van der Waals surface area contributed by atoms with E-state index in [1.165, 1.54) is 17.8 Å². The first-order valence-electron chi connectivity index (χ1n) is 7.10. The lowest BCUT2D eigenvalue weighted by Crippen LogP contribution is -2.48. The zero-order valence-electron chi connectivity index (χ0n) is 12.9. The molecule has 2 heterocycles. The number of aryl methyl sites for hydroxylation is 1. The molecular weight excluding hydrogens is 292 g/mol. The Labute approximate surface area is 125 Å². The smallest absolute Gasteiger partial charge is 0.250 e. The zero-order chi connectivity index (χ0) is 15.8. The average molecular weight is 314 g/mol. The summed E-state index contributed by atoms with van der Waals surface area (Å²) in [6.45, 7) is 6.82. The van der Waals surface area contributed by atoms with Crippen molar-refractivity contribution in [3.63, 3.8) is 0 Å². The van der Waals surface area contributed by atoms with Crippen LogP contribution >= 0.6 is 0 Å². The van der Waals surface area contributed by atoms with Gasteiger partial charge >= 0.3 is 0 Å². The van der Waals surface area contributed by atoms with Crippen molar-refractivity contribution in [2.75, 3.05) is 13.1 Å². The van der Waals surface area contributed by atoms with E-state index in [2.05, 4.69) is 24.0 Å². The molecule has 118 valence electrons. The van der Waals surface area contributed by atoms with Crippen LogP contribution in [-0.4, -0.2) is 52.3 Å². The Hall–Kier alpha value is -1.44. The van der Waals surface area contributed by atoms with E-state index in [1.54, 1.807) is 11.9 Å². The highest BCUT2D eigenvalue weighted by atomic mass is 32.2. The number of hydrogen-bond acceptors (Lipinski definition) is 5. The predicted octanol–water partition coefficient (Wildman–Crippen LogP) is 0.482. The van der Waals surface area contributed by atoms with E-state index in [-0.39, 0.29) is 11.1 Å². The maximum atomic E-state index is 12.5. The zero-order valence-corrected chi connectivity index (χ0v) is 13.7. The van der Waals surface area contributed by atoms with Crippen LogP contribution in [0.2, 0.25) is 0 Å². The lowest BCUT2D eigenvalue weighted by Gasteiger charge is -2.36. The van der Waals surface area contributed by atoms with Crippen molar-refractivity contribution in [1.82, 2.24) is 19.7 Å². The molecule has 0 spiro atoms. The fraction of sp³-hybridized carbons (Fsp3) is 0.769. The minimum absolute atomic E-state index is 0.165. The number of nitrogens with zero attached hydrogens (tertiary/aromatic N) is 4. The van der Waals surface area contributed by atoms with Crippen LogP contribution in [0.5, 0.6) is 0 Å². The molecule has 0 aliphatic carbocycles. The van der Waals surface area contributed by atoms with Gasteiger partial charge in [0.25, 0.3) is 0 Å². The van der Waals surface area contributed by atoms with Gasteiger partial charge < -0.3 is 9.47 Å². The van der Waals surface area contributed by atoms with E-state index in [0.29, 0.717) is 24.9 Å². The highest BCUT2D eigenvalue weighted by Crippen LogP contribution is 2.23. The molecule has 1 aliphatic heterocycles. The predicted molar refractivity (Wildman–Crippen MR) is 77.2 cm³/mol. The van der Waals surface area contributed by atoms with Gasteiger partial charge in [-0.3, -0.25) is 4.79 Å². The van der Waals surface area contributed by atoms with Gasteiger partial charge in [0, 0.05) is 20.1 Å². The molecule has 0 radical (unpaired) electrons. The average Bonchev–Trinajstić information content (AvgIpc) is 2.82. The molecule has 0 aromatic carbocycles. The molecule has 0 unspecified atom stereocenters.